The van der Waals surface area contributed by atoms with E-state index in [9.17, 15) is 9.59 Å². The summed E-state index contributed by atoms with van der Waals surface area (Å²) in [6, 6.07) is 18.4. The maximum Gasteiger partial charge on any atom is 0.306 e. The predicted octanol–water partition coefficient (Wildman–Crippen LogP) is 3.50. The first-order valence-corrected chi connectivity index (χ1v) is 8.96. The van der Waals surface area contributed by atoms with Crippen molar-refractivity contribution < 1.29 is 14.3 Å². The minimum atomic E-state index is -0.812. The second-order valence-corrected chi connectivity index (χ2v) is 7.25. The van der Waals surface area contributed by atoms with Crippen molar-refractivity contribution >= 4 is 17.6 Å². The molecular formula is C22H26N2O3. The fourth-order valence-electron chi connectivity index (χ4n) is 2.58. The molecule has 2 N–H and O–H groups in total. The number of esters is 1. The summed E-state index contributed by atoms with van der Waals surface area (Å²) in [6.45, 7) is 5.41. The van der Waals surface area contributed by atoms with Crippen molar-refractivity contribution in [1.29, 1.82) is 0 Å². The molecule has 2 rings (SSSR count). The molecule has 0 aliphatic carbocycles. The van der Waals surface area contributed by atoms with E-state index in [4.69, 9.17) is 10.5 Å². The fraction of sp³-hybridized carbons (Fsp3) is 0.318. The van der Waals surface area contributed by atoms with E-state index >= 15 is 0 Å². The molecule has 142 valence electrons. The van der Waals surface area contributed by atoms with Crippen LogP contribution in [0, 0.1) is 0 Å². The lowest BCUT2D eigenvalue weighted by Gasteiger charge is -2.20. The average molecular weight is 366 g/mol. The molecule has 2 aromatic rings. The van der Waals surface area contributed by atoms with Gasteiger partial charge in [-0.1, -0.05) is 60.7 Å². The Hall–Kier alpha value is -2.95. The Labute approximate surface area is 160 Å². The second kappa shape index (κ2) is 9.12. The first kappa shape index (κ1) is 20.4. The number of hydrogen-bond donors (Lipinski definition) is 1. The fourth-order valence-corrected chi connectivity index (χ4v) is 2.58. The van der Waals surface area contributed by atoms with E-state index in [0.717, 1.165) is 11.1 Å². The van der Waals surface area contributed by atoms with Crippen LogP contribution in [0.4, 0.5) is 0 Å². The molecule has 2 aromatic carbocycles. The van der Waals surface area contributed by atoms with Gasteiger partial charge in [0.2, 0.25) is 5.91 Å². The Kier molecular flexibility index (Phi) is 6.88. The lowest BCUT2D eigenvalue weighted by molar-refractivity contribution is -0.155. The topological polar surface area (TPSA) is 81.8 Å². The van der Waals surface area contributed by atoms with Crippen LogP contribution in [0.25, 0.3) is 0 Å². The van der Waals surface area contributed by atoms with Gasteiger partial charge in [0.25, 0.3) is 0 Å². The van der Waals surface area contributed by atoms with E-state index in [0.29, 0.717) is 5.71 Å². The number of rotatable bonds is 7. The van der Waals surface area contributed by atoms with Gasteiger partial charge >= 0.3 is 5.97 Å². The zero-order valence-corrected chi connectivity index (χ0v) is 16.0. The number of primary amides is 1. The summed E-state index contributed by atoms with van der Waals surface area (Å²) >= 11 is 0. The highest BCUT2D eigenvalue weighted by Gasteiger charge is 2.21. The Bertz CT molecular complexity index is 752. The third-order valence-electron chi connectivity index (χ3n) is 3.75. The third-order valence-corrected chi connectivity index (χ3v) is 3.75. The van der Waals surface area contributed by atoms with E-state index in [1.807, 2.05) is 60.7 Å². The SMILES string of the molecule is CC(C)(C)OC(=O)CCC(N=C(c1ccccc1)c1ccccc1)C(N)=O. The zero-order valence-electron chi connectivity index (χ0n) is 16.0. The minimum absolute atomic E-state index is 0.0746. The monoisotopic (exact) mass is 366 g/mol. The van der Waals surface area contributed by atoms with Crippen molar-refractivity contribution in [2.75, 3.05) is 0 Å². The Morgan fingerprint density at radius 3 is 1.85 bits per heavy atom. The number of amides is 1. The molecule has 0 saturated heterocycles. The van der Waals surface area contributed by atoms with E-state index in [1.54, 1.807) is 20.8 Å². The molecule has 0 bridgehead atoms. The molecule has 0 heterocycles. The maximum absolute atomic E-state index is 12.0. The highest BCUT2D eigenvalue weighted by Crippen LogP contribution is 2.15. The Morgan fingerprint density at radius 1 is 0.963 bits per heavy atom. The summed E-state index contributed by atoms with van der Waals surface area (Å²) < 4.78 is 5.30. The number of hydrogen-bond acceptors (Lipinski definition) is 4. The molecule has 0 radical (unpaired) electrons. The van der Waals surface area contributed by atoms with Gasteiger partial charge in [0.1, 0.15) is 11.6 Å². The molecule has 0 aromatic heterocycles. The van der Waals surface area contributed by atoms with Crippen molar-refractivity contribution in [1.82, 2.24) is 0 Å². The molecule has 5 nitrogen and oxygen atoms in total. The molecular weight excluding hydrogens is 340 g/mol. The summed E-state index contributed by atoms with van der Waals surface area (Å²) in [7, 11) is 0. The van der Waals surface area contributed by atoms with Crippen LogP contribution in [0.3, 0.4) is 0 Å². The smallest absolute Gasteiger partial charge is 0.306 e. The highest BCUT2D eigenvalue weighted by molar-refractivity contribution is 6.13. The van der Waals surface area contributed by atoms with Crippen LogP contribution in [-0.2, 0) is 14.3 Å². The molecule has 0 aliphatic rings. The van der Waals surface area contributed by atoms with Crippen LogP contribution in [0.1, 0.15) is 44.7 Å². The summed E-state index contributed by atoms with van der Waals surface area (Å²) in [5, 5.41) is 0. The number of nitrogens with zero attached hydrogens (tertiary/aromatic N) is 1. The summed E-state index contributed by atoms with van der Waals surface area (Å²) in [4.78, 5) is 28.6. The first-order chi connectivity index (χ1) is 12.8. The molecule has 0 fully saturated rings. The van der Waals surface area contributed by atoms with Gasteiger partial charge in [-0.15, -0.1) is 0 Å². The quantitative estimate of drug-likeness (QED) is 0.601. The maximum atomic E-state index is 12.0. The number of carbonyl (C=O) groups excluding carboxylic acids is 2. The van der Waals surface area contributed by atoms with Crippen LogP contribution >= 0.6 is 0 Å². The van der Waals surface area contributed by atoms with Crippen molar-refractivity contribution in [3.8, 4) is 0 Å². The van der Waals surface area contributed by atoms with Crippen LogP contribution in [0.5, 0.6) is 0 Å². The largest absolute Gasteiger partial charge is 0.460 e. The van der Waals surface area contributed by atoms with Gasteiger partial charge in [-0.2, -0.15) is 0 Å². The molecule has 0 spiro atoms. The van der Waals surface area contributed by atoms with Crippen LogP contribution in [0.15, 0.2) is 65.7 Å². The first-order valence-electron chi connectivity index (χ1n) is 8.96. The Balaban J connectivity index is 2.28. The van der Waals surface area contributed by atoms with Crippen LogP contribution in [-0.4, -0.2) is 29.2 Å². The lowest BCUT2D eigenvalue weighted by Crippen LogP contribution is -2.30. The number of ether oxygens (including phenoxy) is 1. The summed E-state index contributed by atoms with van der Waals surface area (Å²) in [5.74, 6) is -0.937. The van der Waals surface area contributed by atoms with Crippen molar-refractivity contribution in [3.63, 3.8) is 0 Å². The molecule has 0 saturated carbocycles. The highest BCUT2D eigenvalue weighted by atomic mass is 16.6. The number of benzene rings is 2. The zero-order chi connectivity index (χ0) is 19.9. The Morgan fingerprint density at radius 2 is 1.44 bits per heavy atom. The molecule has 1 unspecified atom stereocenters. The normalized spacial score (nSPS) is 12.1. The second-order valence-electron chi connectivity index (χ2n) is 7.25. The summed E-state index contributed by atoms with van der Waals surface area (Å²) in [5.41, 5.74) is 7.42. The van der Waals surface area contributed by atoms with Crippen LogP contribution in [0.2, 0.25) is 0 Å². The van der Waals surface area contributed by atoms with E-state index in [2.05, 4.69) is 4.99 Å². The van der Waals surface area contributed by atoms with Gasteiger partial charge in [-0.25, -0.2) is 0 Å². The third kappa shape index (κ3) is 6.70. The van der Waals surface area contributed by atoms with Gasteiger partial charge < -0.3 is 10.5 Å². The predicted molar refractivity (Wildman–Crippen MR) is 107 cm³/mol. The standard InChI is InChI=1S/C22H26N2O3/c1-22(2,3)27-19(25)15-14-18(21(23)26)24-20(16-10-6-4-7-11-16)17-12-8-5-9-13-17/h4-13,18H,14-15H2,1-3H3,(H2,23,26). The number of nitrogens with two attached hydrogens (primary N) is 1. The lowest BCUT2D eigenvalue weighted by atomic mass is 10.0. The number of aliphatic imine (C=N–C) groups is 1. The van der Waals surface area contributed by atoms with Crippen LogP contribution < -0.4 is 5.73 Å². The molecule has 1 amide bonds. The van der Waals surface area contributed by atoms with Crippen molar-refractivity contribution in [2.45, 2.75) is 45.3 Å². The molecule has 0 aliphatic heterocycles. The van der Waals surface area contributed by atoms with Gasteiger partial charge in [-0.05, 0) is 27.2 Å². The van der Waals surface area contributed by atoms with Crippen molar-refractivity contribution in [3.05, 3.63) is 71.8 Å². The summed E-state index contributed by atoms with van der Waals surface area (Å²) in [6.07, 6.45) is 0.276. The van der Waals surface area contributed by atoms with Crippen molar-refractivity contribution in [2.24, 2.45) is 10.7 Å². The molecule has 1 atom stereocenters. The molecule has 5 heteroatoms. The molecule has 27 heavy (non-hydrogen) atoms. The van der Waals surface area contributed by atoms with E-state index < -0.39 is 17.6 Å². The van der Waals surface area contributed by atoms with Gasteiger partial charge in [0, 0.05) is 17.5 Å². The number of carbonyl (C=O) groups is 2. The average Bonchev–Trinajstić information content (AvgIpc) is 2.61. The van der Waals surface area contributed by atoms with Gasteiger partial charge in [0.15, 0.2) is 0 Å². The minimum Gasteiger partial charge on any atom is -0.460 e. The van der Waals surface area contributed by atoms with Gasteiger partial charge in [-0.3, -0.25) is 14.6 Å². The van der Waals surface area contributed by atoms with E-state index in [1.165, 1.54) is 0 Å². The van der Waals surface area contributed by atoms with Gasteiger partial charge in [0.05, 0.1) is 5.71 Å². The van der Waals surface area contributed by atoms with E-state index in [-0.39, 0.29) is 18.8 Å².